The predicted octanol–water partition coefficient (Wildman–Crippen LogP) is 3.32. The van der Waals surface area contributed by atoms with Gasteiger partial charge in [-0.3, -0.25) is 4.90 Å². The Balaban J connectivity index is 2.40. The lowest BCUT2D eigenvalue weighted by molar-refractivity contribution is 0.299. The summed E-state index contributed by atoms with van der Waals surface area (Å²) in [5.41, 5.74) is 2.74. The summed E-state index contributed by atoms with van der Waals surface area (Å²) in [6, 6.07) is 8.95. The Morgan fingerprint density at radius 1 is 1.19 bits per heavy atom. The standard InChI is InChI=1S/C19H30N2/c1-5-13-21(14-6-2)16-19-9-7-18(8-10-19)11-12-20-15-17(3)4/h1,7-10,17,20H,6,11-16H2,2-4H3. The lowest BCUT2D eigenvalue weighted by atomic mass is 10.1. The van der Waals surface area contributed by atoms with E-state index < -0.39 is 0 Å². The van der Waals surface area contributed by atoms with E-state index in [0.29, 0.717) is 5.92 Å². The van der Waals surface area contributed by atoms with Gasteiger partial charge in [-0.15, -0.1) is 6.42 Å². The van der Waals surface area contributed by atoms with Crippen molar-refractivity contribution in [3.05, 3.63) is 35.4 Å². The minimum atomic E-state index is 0.716. The molecule has 0 aromatic heterocycles. The molecule has 0 bridgehead atoms. The molecule has 0 aliphatic rings. The van der Waals surface area contributed by atoms with E-state index in [9.17, 15) is 0 Å². The Morgan fingerprint density at radius 2 is 1.86 bits per heavy atom. The summed E-state index contributed by atoms with van der Waals surface area (Å²) in [5, 5.41) is 3.48. The maximum atomic E-state index is 5.43. The summed E-state index contributed by atoms with van der Waals surface area (Å²) in [4.78, 5) is 2.32. The molecule has 0 heterocycles. The van der Waals surface area contributed by atoms with Crippen molar-refractivity contribution in [2.24, 2.45) is 5.92 Å². The van der Waals surface area contributed by atoms with Gasteiger partial charge in [-0.2, -0.15) is 0 Å². The minimum absolute atomic E-state index is 0.716. The molecular formula is C19H30N2. The lowest BCUT2D eigenvalue weighted by Gasteiger charge is -2.19. The topological polar surface area (TPSA) is 15.3 Å². The van der Waals surface area contributed by atoms with Crippen molar-refractivity contribution in [3.63, 3.8) is 0 Å². The van der Waals surface area contributed by atoms with Crippen molar-refractivity contribution in [2.75, 3.05) is 26.2 Å². The summed E-state index contributed by atoms with van der Waals surface area (Å²) >= 11 is 0. The van der Waals surface area contributed by atoms with Gasteiger partial charge in [0.25, 0.3) is 0 Å². The average Bonchev–Trinajstić information content (AvgIpc) is 2.45. The zero-order chi connectivity index (χ0) is 15.5. The zero-order valence-electron chi connectivity index (χ0n) is 13.9. The van der Waals surface area contributed by atoms with Crippen molar-refractivity contribution in [1.82, 2.24) is 10.2 Å². The van der Waals surface area contributed by atoms with Crippen LogP contribution in [0.3, 0.4) is 0 Å². The predicted molar refractivity (Wildman–Crippen MR) is 92.3 cm³/mol. The van der Waals surface area contributed by atoms with E-state index in [4.69, 9.17) is 6.42 Å². The van der Waals surface area contributed by atoms with Crippen LogP contribution in [0, 0.1) is 18.3 Å². The van der Waals surface area contributed by atoms with Crippen molar-refractivity contribution >= 4 is 0 Å². The monoisotopic (exact) mass is 286 g/mol. The highest BCUT2D eigenvalue weighted by Gasteiger charge is 2.03. The summed E-state index contributed by atoms with van der Waals surface area (Å²) in [7, 11) is 0. The molecular weight excluding hydrogens is 256 g/mol. The lowest BCUT2D eigenvalue weighted by Crippen LogP contribution is -2.24. The van der Waals surface area contributed by atoms with Crippen LogP contribution in [0.25, 0.3) is 0 Å². The highest BCUT2D eigenvalue weighted by molar-refractivity contribution is 5.23. The van der Waals surface area contributed by atoms with Crippen molar-refractivity contribution in [3.8, 4) is 12.3 Å². The van der Waals surface area contributed by atoms with Crippen molar-refractivity contribution in [2.45, 2.75) is 40.2 Å². The molecule has 0 fully saturated rings. The maximum Gasteiger partial charge on any atom is 0.0601 e. The number of benzene rings is 1. The van der Waals surface area contributed by atoms with Gasteiger partial charge in [0, 0.05) is 6.54 Å². The first-order valence-electron chi connectivity index (χ1n) is 8.10. The molecule has 1 aromatic rings. The molecule has 116 valence electrons. The van der Waals surface area contributed by atoms with Crippen LogP contribution < -0.4 is 5.32 Å². The first-order chi connectivity index (χ1) is 10.2. The molecule has 0 saturated carbocycles. The molecule has 2 heteroatoms. The van der Waals surface area contributed by atoms with Gasteiger partial charge in [-0.05, 0) is 49.5 Å². The number of terminal acetylenes is 1. The van der Waals surface area contributed by atoms with Crippen LogP contribution in [0.1, 0.15) is 38.3 Å². The minimum Gasteiger partial charge on any atom is -0.316 e. The van der Waals surface area contributed by atoms with E-state index in [1.807, 2.05) is 0 Å². The Hall–Kier alpha value is -1.30. The fourth-order valence-electron chi connectivity index (χ4n) is 2.35. The molecule has 1 N–H and O–H groups in total. The molecule has 0 radical (unpaired) electrons. The molecule has 2 nitrogen and oxygen atoms in total. The summed E-state index contributed by atoms with van der Waals surface area (Å²) in [6.07, 6.45) is 7.66. The second-order valence-electron chi connectivity index (χ2n) is 6.08. The van der Waals surface area contributed by atoms with Gasteiger partial charge in [0.15, 0.2) is 0 Å². The Kier molecular flexibility index (Phi) is 8.82. The van der Waals surface area contributed by atoms with E-state index in [-0.39, 0.29) is 0 Å². The molecule has 0 aliphatic heterocycles. The fourth-order valence-corrected chi connectivity index (χ4v) is 2.35. The highest BCUT2D eigenvalue weighted by Crippen LogP contribution is 2.08. The Bertz CT molecular complexity index is 414. The normalized spacial score (nSPS) is 11.0. The van der Waals surface area contributed by atoms with Gasteiger partial charge >= 0.3 is 0 Å². The highest BCUT2D eigenvalue weighted by atomic mass is 15.1. The second-order valence-corrected chi connectivity index (χ2v) is 6.08. The van der Waals surface area contributed by atoms with Gasteiger partial charge in [-0.1, -0.05) is 51.0 Å². The van der Waals surface area contributed by atoms with E-state index in [1.165, 1.54) is 11.1 Å². The molecule has 0 saturated heterocycles. The van der Waals surface area contributed by atoms with Crippen LogP contribution in [-0.2, 0) is 13.0 Å². The van der Waals surface area contributed by atoms with Crippen LogP contribution in [-0.4, -0.2) is 31.1 Å². The molecule has 0 unspecified atom stereocenters. The first kappa shape index (κ1) is 17.8. The van der Waals surface area contributed by atoms with Crippen molar-refractivity contribution < 1.29 is 0 Å². The van der Waals surface area contributed by atoms with E-state index in [2.05, 4.69) is 61.2 Å². The number of hydrogen-bond acceptors (Lipinski definition) is 2. The first-order valence-corrected chi connectivity index (χ1v) is 8.10. The zero-order valence-corrected chi connectivity index (χ0v) is 13.9. The molecule has 21 heavy (non-hydrogen) atoms. The quantitative estimate of drug-likeness (QED) is 0.524. The maximum absolute atomic E-state index is 5.43. The third kappa shape index (κ3) is 7.90. The smallest absolute Gasteiger partial charge is 0.0601 e. The SMILES string of the molecule is C#CCN(CCC)Cc1ccc(CCNCC(C)C)cc1. The Labute approximate surface area is 130 Å². The third-order valence-corrected chi connectivity index (χ3v) is 3.43. The molecule has 0 aliphatic carbocycles. The molecule has 1 aromatic carbocycles. The molecule has 0 spiro atoms. The van der Waals surface area contributed by atoms with Crippen LogP contribution in [0.2, 0.25) is 0 Å². The van der Waals surface area contributed by atoms with Gasteiger partial charge in [0.1, 0.15) is 0 Å². The number of nitrogens with zero attached hydrogens (tertiary/aromatic N) is 1. The van der Waals surface area contributed by atoms with Crippen LogP contribution >= 0.6 is 0 Å². The molecule has 0 atom stereocenters. The summed E-state index contributed by atoms with van der Waals surface area (Å²) < 4.78 is 0. The van der Waals surface area contributed by atoms with Crippen molar-refractivity contribution in [1.29, 1.82) is 0 Å². The van der Waals surface area contributed by atoms with Crippen LogP contribution in [0.4, 0.5) is 0 Å². The number of hydrogen-bond donors (Lipinski definition) is 1. The van der Waals surface area contributed by atoms with E-state index >= 15 is 0 Å². The van der Waals surface area contributed by atoms with E-state index in [0.717, 1.165) is 45.6 Å². The van der Waals surface area contributed by atoms with E-state index in [1.54, 1.807) is 0 Å². The largest absolute Gasteiger partial charge is 0.316 e. The Morgan fingerprint density at radius 3 is 2.43 bits per heavy atom. The van der Waals surface area contributed by atoms with Gasteiger partial charge < -0.3 is 5.32 Å². The summed E-state index contributed by atoms with van der Waals surface area (Å²) in [6.45, 7) is 11.5. The fraction of sp³-hybridized carbons (Fsp3) is 0.579. The van der Waals surface area contributed by atoms with Gasteiger partial charge in [0.05, 0.1) is 6.54 Å². The third-order valence-electron chi connectivity index (χ3n) is 3.43. The van der Waals surface area contributed by atoms with Crippen LogP contribution in [0.5, 0.6) is 0 Å². The molecule has 0 amide bonds. The number of rotatable bonds is 10. The number of nitrogens with one attached hydrogen (secondary N) is 1. The average molecular weight is 286 g/mol. The second kappa shape index (κ2) is 10.4. The van der Waals surface area contributed by atoms with Gasteiger partial charge in [-0.25, -0.2) is 0 Å². The van der Waals surface area contributed by atoms with Gasteiger partial charge in [0.2, 0.25) is 0 Å². The van der Waals surface area contributed by atoms with Crippen LogP contribution in [0.15, 0.2) is 24.3 Å². The summed E-state index contributed by atoms with van der Waals surface area (Å²) in [5.74, 6) is 3.46. The molecule has 1 rings (SSSR count).